The molecule has 0 aromatic heterocycles. The monoisotopic (exact) mass is 306 g/mol. The molecular weight excluding hydrogens is 305 g/mol. The molecule has 0 heterocycles. The first-order valence-corrected chi connectivity index (χ1v) is 5.61. The summed E-state index contributed by atoms with van der Waals surface area (Å²) in [5.74, 6) is 0.0274. The summed E-state index contributed by atoms with van der Waals surface area (Å²) in [7, 11) is 0. The molecule has 1 rings (SSSR count). The van der Waals surface area contributed by atoms with Gasteiger partial charge in [0.2, 0.25) is 0 Å². The largest absolute Gasteiger partial charge is 0.412 e. The number of hydrogen-bond donors (Lipinski definition) is 0. The van der Waals surface area contributed by atoms with Crippen molar-refractivity contribution in [2.45, 2.75) is 5.88 Å². The van der Waals surface area contributed by atoms with Gasteiger partial charge in [0, 0.05) is 17.2 Å². The molecule has 0 N–H and O–H groups in total. The SMILES string of the molecule is O=C(Cl)Oc1c(Cl)cc(Cl)c(Cl)c1CCl. The van der Waals surface area contributed by atoms with E-state index in [-0.39, 0.29) is 26.7 Å². The van der Waals surface area contributed by atoms with Gasteiger partial charge in [-0.25, -0.2) is 4.79 Å². The summed E-state index contributed by atoms with van der Waals surface area (Å²) in [5.41, 5.74) is -0.702. The lowest BCUT2D eigenvalue weighted by atomic mass is 10.2. The van der Waals surface area contributed by atoms with Crippen LogP contribution in [0.3, 0.4) is 0 Å². The minimum atomic E-state index is -1.03. The van der Waals surface area contributed by atoms with Crippen molar-refractivity contribution in [3.8, 4) is 5.75 Å². The summed E-state index contributed by atoms with van der Waals surface area (Å²) < 4.78 is 4.67. The molecule has 7 heteroatoms. The number of carbonyl (C=O) groups is 1. The molecule has 0 fully saturated rings. The summed E-state index contributed by atoms with van der Waals surface area (Å²) in [6.45, 7) is 0. The van der Waals surface area contributed by atoms with E-state index in [1.54, 1.807) is 0 Å². The van der Waals surface area contributed by atoms with E-state index >= 15 is 0 Å². The summed E-state index contributed by atoms with van der Waals surface area (Å²) in [6.07, 6.45) is 0. The van der Waals surface area contributed by atoms with Gasteiger partial charge in [0.25, 0.3) is 0 Å². The molecule has 0 unspecified atom stereocenters. The summed E-state index contributed by atoms with van der Waals surface area (Å²) in [4.78, 5) is 10.6. The lowest BCUT2D eigenvalue weighted by molar-refractivity contribution is 0.225. The maximum Gasteiger partial charge on any atom is 0.409 e. The van der Waals surface area contributed by atoms with E-state index < -0.39 is 5.43 Å². The Morgan fingerprint density at radius 3 is 2.33 bits per heavy atom. The highest BCUT2D eigenvalue weighted by Crippen LogP contribution is 2.40. The van der Waals surface area contributed by atoms with E-state index in [9.17, 15) is 4.79 Å². The molecule has 1 aromatic rings. The van der Waals surface area contributed by atoms with Crippen LogP contribution >= 0.6 is 58.0 Å². The van der Waals surface area contributed by atoms with Crippen LogP contribution in [0.5, 0.6) is 5.75 Å². The van der Waals surface area contributed by atoms with Crippen LogP contribution in [-0.2, 0) is 5.88 Å². The van der Waals surface area contributed by atoms with Crippen molar-refractivity contribution in [3.63, 3.8) is 0 Å². The molecule has 0 amide bonds. The molecule has 82 valence electrons. The Bertz CT molecular complexity index is 405. The zero-order chi connectivity index (χ0) is 11.6. The molecule has 0 saturated carbocycles. The van der Waals surface area contributed by atoms with Crippen LogP contribution in [-0.4, -0.2) is 5.43 Å². The minimum absolute atomic E-state index is 0.00137. The highest BCUT2D eigenvalue weighted by Gasteiger charge is 2.17. The third-order valence-electron chi connectivity index (χ3n) is 1.54. The van der Waals surface area contributed by atoms with Crippen LogP contribution in [0.1, 0.15) is 5.56 Å². The first kappa shape index (κ1) is 13.2. The highest BCUT2D eigenvalue weighted by atomic mass is 35.5. The predicted octanol–water partition coefficient (Wildman–Crippen LogP) is 5.12. The molecule has 2 nitrogen and oxygen atoms in total. The van der Waals surface area contributed by atoms with E-state index in [4.69, 9.17) is 58.0 Å². The van der Waals surface area contributed by atoms with Crippen molar-refractivity contribution >= 4 is 63.4 Å². The van der Waals surface area contributed by atoms with Gasteiger partial charge in [-0.05, 0) is 6.07 Å². The van der Waals surface area contributed by atoms with Crippen molar-refractivity contribution in [2.24, 2.45) is 0 Å². The van der Waals surface area contributed by atoms with Crippen molar-refractivity contribution in [3.05, 3.63) is 26.7 Å². The number of hydrogen-bond acceptors (Lipinski definition) is 2. The highest BCUT2D eigenvalue weighted by molar-refractivity contribution is 6.61. The Labute approximate surface area is 111 Å². The number of alkyl halides is 1. The van der Waals surface area contributed by atoms with Gasteiger partial charge in [0.15, 0.2) is 5.75 Å². The van der Waals surface area contributed by atoms with Crippen LogP contribution in [0.25, 0.3) is 0 Å². The van der Waals surface area contributed by atoms with E-state index in [1.165, 1.54) is 6.07 Å². The fourth-order valence-corrected chi connectivity index (χ4v) is 2.09. The average molecular weight is 308 g/mol. The molecule has 0 radical (unpaired) electrons. The van der Waals surface area contributed by atoms with Gasteiger partial charge in [-0.3, -0.25) is 0 Å². The van der Waals surface area contributed by atoms with E-state index in [0.29, 0.717) is 5.56 Å². The molecule has 0 spiro atoms. The van der Waals surface area contributed by atoms with Gasteiger partial charge in [0.05, 0.1) is 20.9 Å². The lowest BCUT2D eigenvalue weighted by Crippen LogP contribution is -2.00. The maximum atomic E-state index is 10.6. The van der Waals surface area contributed by atoms with Crippen LogP contribution in [0.2, 0.25) is 15.1 Å². The third kappa shape index (κ3) is 3.05. The number of carbonyl (C=O) groups excluding carboxylic acids is 1. The molecule has 0 bridgehead atoms. The Morgan fingerprint density at radius 2 is 1.87 bits per heavy atom. The quantitative estimate of drug-likeness (QED) is 0.430. The molecule has 0 aliphatic carbocycles. The maximum absolute atomic E-state index is 10.6. The molecule has 15 heavy (non-hydrogen) atoms. The first-order valence-electron chi connectivity index (χ1n) is 3.57. The van der Waals surface area contributed by atoms with Gasteiger partial charge in [-0.15, -0.1) is 11.6 Å². The van der Waals surface area contributed by atoms with E-state index in [1.807, 2.05) is 0 Å². The molecule has 0 aliphatic heterocycles. The van der Waals surface area contributed by atoms with Gasteiger partial charge in [0.1, 0.15) is 0 Å². The van der Waals surface area contributed by atoms with Crippen LogP contribution in [0.4, 0.5) is 4.79 Å². The number of rotatable bonds is 2. The molecular formula is C8H3Cl5O2. The standard InChI is InChI=1S/C8H3Cl5O2/c9-2-3-6(12)4(10)1-5(11)7(3)15-8(13)14/h1H,2H2. The Morgan fingerprint density at radius 1 is 1.27 bits per heavy atom. The fraction of sp³-hybridized carbons (Fsp3) is 0.125. The summed E-state index contributed by atoms with van der Waals surface area (Å²) in [6, 6.07) is 1.34. The Balaban J connectivity index is 3.35. The third-order valence-corrected chi connectivity index (χ3v) is 2.99. The van der Waals surface area contributed by atoms with Crippen LogP contribution < -0.4 is 4.74 Å². The zero-order valence-electron chi connectivity index (χ0n) is 6.99. The second kappa shape index (κ2) is 5.46. The Kier molecular flexibility index (Phi) is 4.81. The normalized spacial score (nSPS) is 10.2. The van der Waals surface area contributed by atoms with Gasteiger partial charge >= 0.3 is 5.43 Å². The number of ether oxygens (including phenoxy) is 1. The summed E-state index contributed by atoms with van der Waals surface area (Å²) in [5, 5.41) is 0.532. The van der Waals surface area contributed by atoms with Crippen LogP contribution in [0.15, 0.2) is 6.07 Å². The molecule has 0 aliphatic rings. The molecule has 1 aromatic carbocycles. The first-order chi connectivity index (χ1) is 6.97. The van der Waals surface area contributed by atoms with E-state index in [0.717, 1.165) is 0 Å². The number of halogens is 5. The topological polar surface area (TPSA) is 26.3 Å². The molecule has 0 atom stereocenters. The Hall–Kier alpha value is 0.140. The lowest BCUT2D eigenvalue weighted by Gasteiger charge is -2.10. The minimum Gasteiger partial charge on any atom is -0.412 e. The van der Waals surface area contributed by atoms with Crippen molar-refractivity contribution in [1.29, 1.82) is 0 Å². The smallest absolute Gasteiger partial charge is 0.409 e. The molecule has 0 saturated heterocycles. The van der Waals surface area contributed by atoms with Gasteiger partial charge < -0.3 is 4.74 Å². The average Bonchev–Trinajstić information content (AvgIpc) is 2.14. The van der Waals surface area contributed by atoms with Crippen LogP contribution in [0, 0.1) is 0 Å². The number of benzene rings is 1. The zero-order valence-corrected chi connectivity index (χ0v) is 10.8. The summed E-state index contributed by atoms with van der Waals surface area (Å²) >= 11 is 28.1. The van der Waals surface area contributed by atoms with Crippen molar-refractivity contribution in [1.82, 2.24) is 0 Å². The second-order valence-corrected chi connectivity index (χ2v) is 4.20. The van der Waals surface area contributed by atoms with Gasteiger partial charge in [-0.1, -0.05) is 34.8 Å². The van der Waals surface area contributed by atoms with Crippen molar-refractivity contribution in [2.75, 3.05) is 0 Å². The van der Waals surface area contributed by atoms with Gasteiger partial charge in [-0.2, -0.15) is 0 Å². The second-order valence-electron chi connectivity index (χ2n) is 2.44. The van der Waals surface area contributed by atoms with E-state index in [2.05, 4.69) is 4.74 Å². The fourth-order valence-electron chi connectivity index (χ4n) is 0.938. The predicted molar refractivity (Wildman–Crippen MR) is 62.9 cm³/mol. The van der Waals surface area contributed by atoms with Crippen molar-refractivity contribution < 1.29 is 9.53 Å².